The van der Waals surface area contributed by atoms with E-state index in [9.17, 15) is 9.59 Å². The van der Waals surface area contributed by atoms with Crippen molar-refractivity contribution in [2.24, 2.45) is 0 Å². The standard InChI is InChI=1S/C15H13N3O2/c1-10-5-2-3-7-13(10)18-8-4-6-11(18)9-12-14(19)17-15(20)16-12/h2-9H,1H3,(H2,16,17,19,20)/b12-9+. The van der Waals surface area contributed by atoms with Gasteiger partial charge in [0.25, 0.3) is 5.91 Å². The van der Waals surface area contributed by atoms with Gasteiger partial charge in [0.1, 0.15) is 5.70 Å². The SMILES string of the molecule is Cc1ccccc1-n1cccc1/C=C1/NC(=O)NC1=O. The molecule has 0 bridgehead atoms. The molecule has 5 nitrogen and oxygen atoms in total. The van der Waals surface area contributed by atoms with E-state index in [0.29, 0.717) is 0 Å². The molecule has 2 heterocycles. The van der Waals surface area contributed by atoms with Crippen molar-refractivity contribution in [1.82, 2.24) is 15.2 Å². The van der Waals surface area contributed by atoms with Gasteiger partial charge in [-0.1, -0.05) is 18.2 Å². The van der Waals surface area contributed by atoms with Crippen LogP contribution in [0.5, 0.6) is 0 Å². The molecule has 0 atom stereocenters. The number of nitrogens with zero attached hydrogens (tertiary/aromatic N) is 1. The molecule has 1 saturated heterocycles. The van der Waals surface area contributed by atoms with E-state index in [-0.39, 0.29) is 5.70 Å². The van der Waals surface area contributed by atoms with Crippen molar-refractivity contribution in [1.29, 1.82) is 0 Å². The minimum atomic E-state index is -0.491. The van der Waals surface area contributed by atoms with Crippen LogP contribution in [-0.2, 0) is 4.79 Å². The highest BCUT2D eigenvalue weighted by atomic mass is 16.2. The lowest BCUT2D eigenvalue weighted by Crippen LogP contribution is -2.22. The maximum absolute atomic E-state index is 11.6. The monoisotopic (exact) mass is 267 g/mol. The molecule has 1 aliphatic heterocycles. The number of benzene rings is 1. The summed E-state index contributed by atoms with van der Waals surface area (Å²) in [7, 11) is 0. The summed E-state index contributed by atoms with van der Waals surface area (Å²) < 4.78 is 1.97. The van der Waals surface area contributed by atoms with E-state index < -0.39 is 11.9 Å². The molecule has 20 heavy (non-hydrogen) atoms. The predicted molar refractivity (Wildman–Crippen MR) is 75.2 cm³/mol. The van der Waals surface area contributed by atoms with E-state index in [4.69, 9.17) is 0 Å². The van der Waals surface area contributed by atoms with Gasteiger partial charge in [0.05, 0.1) is 0 Å². The summed E-state index contributed by atoms with van der Waals surface area (Å²) in [6.45, 7) is 2.02. The number of urea groups is 1. The van der Waals surface area contributed by atoms with E-state index in [1.807, 2.05) is 54.1 Å². The van der Waals surface area contributed by atoms with Gasteiger partial charge >= 0.3 is 6.03 Å². The van der Waals surface area contributed by atoms with Crippen molar-refractivity contribution in [2.75, 3.05) is 0 Å². The highest BCUT2D eigenvalue weighted by Gasteiger charge is 2.23. The van der Waals surface area contributed by atoms with Gasteiger partial charge in [0, 0.05) is 17.6 Å². The molecule has 5 heteroatoms. The molecule has 1 aromatic carbocycles. The van der Waals surface area contributed by atoms with E-state index in [1.165, 1.54) is 0 Å². The van der Waals surface area contributed by atoms with Gasteiger partial charge < -0.3 is 9.88 Å². The minimum Gasteiger partial charge on any atom is -0.317 e. The Bertz CT molecular complexity index is 728. The lowest BCUT2D eigenvalue weighted by molar-refractivity contribution is -0.115. The fourth-order valence-corrected chi connectivity index (χ4v) is 2.20. The molecule has 2 aromatic rings. The molecule has 3 amide bonds. The third kappa shape index (κ3) is 2.09. The predicted octanol–water partition coefficient (Wildman–Crippen LogP) is 1.97. The number of hydrogen-bond donors (Lipinski definition) is 2. The minimum absolute atomic E-state index is 0.253. The molecule has 0 saturated carbocycles. The Hall–Kier alpha value is -2.82. The lowest BCUT2D eigenvalue weighted by atomic mass is 10.2. The second kappa shape index (κ2) is 4.70. The number of amides is 3. The largest absolute Gasteiger partial charge is 0.326 e. The Labute approximate surface area is 115 Å². The van der Waals surface area contributed by atoms with Gasteiger partial charge in [-0.3, -0.25) is 10.1 Å². The van der Waals surface area contributed by atoms with Gasteiger partial charge in [-0.05, 0) is 36.8 Å². The van der Waals surface area contributed by atoms with Gasteiger partial charge in [0.2, 0.25) is 0 Å². The second-order valence-electron chi connectivity index (χ2n) is 4.56. The molecule has 3 rings (SSSR count). The number of carbonyl (C=O) groups excluding carboxylic acids is 2. The van der Waals surface area contributed by atoms with Crippen molar-refractivity contribution in [3.8, 4) is 5.69 Å². The van der Waals surface area contributed by atoms with E-state index >= 15 is 0 Å². The number of rotatable bonds is 2. The first-order valence-electron chi connectivity index (χ1n) is 6.22. The van der Waals surface area contributed by atoms with Gasteiger partial charge in [-0.25, -0.2) is 4.79 Å². The number of aryl methyl sites for hydroxylation is 1. The smallest absolute Gasteiger partial charge is 0.317 e. The van der Waals surface area contributed by atoms with Gasteiger partial charge in [-0.2, -0.15) is 0 Å². The molecule has 2 N–H and O–H groups in total. The zero-order valence-corrected chi connectivity index (χ0v) is 10.9. The summed E-state index contributed by atoms with van der Waals surface area (Å²) in [5.41, 5.74) is 3.24. The maximum atomic E-state index is 11.6. The first kappa shape index (κ1) is 12.2. The van der Waals surface area contributed by atoms with Crippen LogP contribution in [-0.4, -0.2) is 16.5 Å². The topological polar surface area (TPSA) is 63.1 Å². The Morgan fingerprint density at radius 2 is 1.85 bits per heavy atom. The van der Waals surface area contributed by atoms with Crippen LogP contribution in [0.25, 0.3) is 11.8 Å². The molecular formula is C15H13N3O2. The van der Waals surface area contributed by atoms with Crippen molar-refractivity contribution in [3.05, 3.63) is 59.5 Å². The number of para-hydroxylation sites is 1. The Kier molecular flexibility index (Phi) is 2.87. The summed E-state index contributed by atoms with van der Waals surface area (Å²) in [4.78, 5) is 22.7. The molecule has 0 radical (unpaired) electrons. The molecule has 0 aliphatic carbocycles. The zero-order chi connectivity index (χ0) is 14.1. The molecule has 100 valence electrons. The normalized spacial score (nSPS) is 16.4. The molecule has 0 unspecified atom stereocenters. The highest BCUT2D eigenvalue weighted by molar-refractivity contribution is 6.13. The molecule has 1 aliphatic rings. The van der Waals surface area contributed by atoms with E-state index in [1.54, 1.807) is 6.08 Å². The molecular weight excluding hydrogens is 254 g/mol. The lowest BCUT2D eigenvalue weighted by Gasteiger charge is -2.10. The summed E-state index contributed by atoms with van der Waals surface area (Å²) in [5, 5.41) is 4.67. The van der Waals surface area contributed by atoms with Gasteiger partial charge in [-0.15, -0.1) is 0 Å². The van der Waals surface area contributed by atoms with Crippen molar-refractivity contribution >= 4 is 18.0 Å². The number of hydrogen-bond acceptors (Lipinski definition) is 2. The molecule has 1 aromatic heterocycles. The third-order valence-electron chi connectivity index (χ3n) is 3.17. The van der Waals surface area contributed by atoms with Crippen LogP contribution in [0.15, 0.2) is 48.3 Å². The van der Waals surface area contributed by atoms with Crippen LogP contribution >= 0.6 is 0 Å². The van der Waals surface area contributed by atoms with Crippen LogP contribution in [0.3, 0.4) is 0 Å². The highest BCUT2D eigenvalue weighted by Crippen LogP contribution is 2.18. The first-order chi connectivity index (χ1) is 9.65. The fraction of sp³-hybridized carbons (Fsp3) is 0.0667. The van der Waals surface area contributed by atoms with Crippen molar-refractivity contribution in [3.63, 3.8) is 0 Å². The van der Waals surface area contributed by atoms with E-state index in [0.717, 1.165) is 16.9 Å². The Morgan fingerprint density at radius 3 is 2.55 bits per heavy atom. The Morgan fingerprint density at radius 1 is 1.05 bits per heavy atom. The average molecular weight is 267 g/mol. The fourth-order valence-electron chi connectivity index (χ4n) is 2.20. The Balaban J connectivity index is 2.04. The van der Waals surface area contributed by atoms with Crippen LogP contribution in [0.4, 0.5) is 4.79 Å². The number of aromatic nitrogens is 1. The summed E-state index contributed by atoms with van der Waals surface area (Å²) in [5.74, 6) is -0.410. The van der Waals surface area contributed by atoms with Crippen LogP contribution in [0, 0.1) is 6.92 Å². The van der Waals surface area contributed by atoms with Crippen molar-refractivity contribution in [2.45, 2.75) is 6.92 Å². The number of carbonyl (C=O) groups is 2. The average Bonchev–Trinajstić information content (AvgIpc) is 2.98. The maximum Gasteiger partial charge on any atom is 0.326 e. The quantitative estimate of drug-likeness (QED) is 0.645. The first-order valence-corrected chi connectivity index (χ1v) is 6.22. The van der Waals surface area contributed by atoms with E-state index in [2.05, 4.69) is 10.6 Å². The molecule has 1 fully saturated rings. The van der Waals surface area contributed by atoms with Crippen LogP contribution in [0.1, 0.15) is 11.3 Å². The molecule has 0 spiro atoms. The number of nitrogens with one attached hydrogen (secondary N) is 2. The van der Waals surface area contributed by atoms with Crippen LogP contribution < -0.4 is 10.6 Å². The third-order valence-corrected chi connectivity index (χ3v) is 3.17. The zero-order valence-electron chi connectivity index (χ0n) is 10.9. The summed E-state index contributed by atoms with van der Waals surface area (Å²) in [6.07, 6.45) is 3.58. The second-order valence-corrected chi connectivity index (χ2v) is 4.56. The van der Waals surface area contributed by atoms with Crippen molar-refractivity contribution < 1.29 is 9.59 Å². The summed E-state index contributed by atoms with van der Waals surface area (Å²) >= 11 is 0. The number of imide groups is 1. The van der Waals surface area contributed by atoms with Crippen LogP contribution in [0.2, 0.25) is 0 Å². The van der Waals surface area contributed by atoms with Gasteiger partial charge in [0.15, 0.2) is 0 Å². The summed E-state index contributed by atoms with van der Waals surface area (Å²) in [6, 6.07) is 11.3.